The minimum absolute atomic E-state index is 0.0121. The number of hydrogen-bond acceptors (Lipinski definition) is 6. The third-order valence-corrected chi connectivity index (χ3v) is 12.7. The van der Waals surface area contributed by atoms with Gasteiger partial charge in [0.1, 0.15) is 13.2 Å². The van der Waals surface area contributed by atoms with E-state index in [1.165, 1.54) is 116 Å². The molecule has 68 heavy (non-hydrogen) atoms. The molecule has 0 spiro atoms. The predicted octanol–water partition coefficient (Wildman–Crippen LogP) is 16.0. The van der Waals surface area contributed by atoms with Crippen molar-refractivity contribution in [1.82, 2.24) is 5.32 Å². The fourth-order valence-corrected chi connectivity index (χ4v) is 8.17. The molecule has 0 fully saturated rings. The molecule has 9 heteroatoms. The highest BCUT2D eigenvalue weighted by molar-refractivity contribution is 7.45. The van der Waals surface area contributed by atoms with Crippen LogP contribution in [-0.2, 0) is 18.4 Å². The van der Waals surface area contributed by atoms with Crippen molar-refractivity contribution in [2.45, 2.75) is 231 Å². The standard InChI is InChI=1S/C59H105N2O6P/c1-6-8-10-12-14-16-18-20-21-22-23-24-25-26-27-28-29-30-31-32-33-34-35-36-37-38-39-41-43-45-47-49-51-53-59(63)60-57(56-67-68(64,65)66-55-54-61(3,4)5)58(62)52-50-48-46-44-42-40-19-17-15-13-11-9-7-2/h8,10,14-17,20-21,23-24,26-27,42,44,50,52,57-58,62H,6-7,9,11-13,18-19,22,25,28-41,43,45-49,51,53-56H2,1-5H3,(H-,60,63,64,65)/b10-8-,16-14-,17-15+,21-20-,24-23-,27-26-,44-42+,52-50+. The van der Waals surface area contributed by atoms with Gasteiger partial charge in [-0.25, -0.2) is 0 Å². The molecule has 0 saturated carbocycles. The van der Waals surface area contributed by atoms with Gasteiger partial charge in [-0.05, 0) is 89.9 Å². The number of likely N-dealkylation sites (N-methyl/N-ethyl adjacent to an activating group) is 1. The van der Waals surface area contributed by atoms with E-state index in [1.54, 1.807) is 6.08 Å². The van der Waals surface area contributed by atoms with Crippen LogP contribution >= 0.6 is 7.82 Å². The number of unbranched alkanes of at least 4 members (excludes halogenated alkanes) is 22. The minimum Gasteiger partial charge on any atom is -0.756 e. The number of nitrogens with one attached hydrogen (secondary N) is 1. The minimum atomic E-state index is -4.61. The summed E-state index contributed by atoms with van der Waals surface area (Å²) in [6, 6.07) is -0.913. The Morgan fingerprint density at radius 3 is 1.37 bits per heavy atom. The molecular formula is C59H105N2O6P. The molecule has 392 valence electrons. The number of phosphoric acid groups is 1. The second kappa shape index (κ2) is 49.4. The first-order valence-electron chi connectivity index (χ1n) is 27.6. The van der Waals surface area contributed by atoms with Crippen molar-refractivity contribution in [1.29, 1.82) is 0 Å². The van der Waals surface area contributed by atoms with E-state index >= 15 is 0 Å². The van der Waals surface area contributed by atoms with Crippen LogP contribution in [0.5, 0.6) is 0 Å². The molecule has 0 radical (unpaired) electrons. The third kappa shape index (κ3) is 51.3. The molecule has 0 heterocycles. The van der Waals surface area contributed by atoms with Gasteiger partial charge < -0.3 is 28.8 Å². The van der Waals surface area contributed by atoms with Crippen LogP contribution < -0.4 is 10.2 Å². The molecule has 0 rings (SSSR count). The Labute approximate surface area is 419 Å². The molecule has 8 nitrogen and oxygen atoms in total. The van der Waals surface area contributed by atoms with Gasteiger partial charge in [-0.2, -0.15) is 0 Å². The highest BCUT2D eigenvalue weighted by atomic mass is 31.2. The van der Waals surface area contributed by atoms with Gasteiger partial charge in [0.15, 0.2) is 0 Å². The summed E-state index contributed by atoms with van der Waals surface area (Å²) in [5.74, 6) is -0.215. The van der Waals surface area contributed by atoms with E-state index in [1.807, 2.05) is 27.2 Å². The summed E-state index contributed by atoms with van der Waals surface area (Å²) in [5, 5.41) is 13.8. The number of nitrogens with zero attached hydrogens (tertiary/aromatic N) is 1. The third-order valence-electron chi connectivity index (χ3n) is 11.8. The van der Waals surface area contributed by atoms with E-state index in [0.717, 1.165) is 83.5 Å². The largest absolute Gasteiger partial charge is 0.756 e. The van der Waals surface area contributed by atoms with E-state index in [4.69, 9.17) is 9.05 Å². The number of aliphatic hydroxyl groups excluding tert-OH is 1. The van der Waals surface area contributed by atoms with E-state index in [-0.39, 0.29) is 12.5 Å². The lowest BCUT2D eigenvalue weighted by Gasteiger charge is -2.29. The van der Waals surface area contributed by atoms with Crippen LogP contribution in [0.25, 0.3) is 0 Å². The molecule has 0 saturated heterocycles. The highest BCUT2D eigenvalue weighted by Gasteiger charge is 2.23. The number of carbonyl (C=O) groups is 1. The quantitative estimate of drug-likeness (QED) is 0.0272. The molecule has 0 aromatic carbocycles. The van der Waals surface area contributed by atoms with Gasteiger partial charge >= 0.3 is 0 Å². The normalized spacial score (nSPS) is 14.8. The number of phosphoric ester groups is 1. The average Bonchev–Trinajstić information content (AvgIpc) is 3.30. The summed E-state index contributed by atoms with van der Waals surface area (Å²) in [4.78, 5) is 25.4. The van der Waals surface area contributed by atoms with Crippen LogP contribution in [0.4, 0.5) is 0 Å². The van der Waals surface area contributed by atoms with Crippen LogP contribution in [0.1, 0.15) is 219 Å². The smallest absolute Gasteiger partial charge is 0.268 e. The van der Waals surface area contributed by atoms with E-state index < -0.39 is 26.6 Å². The number of carbonyl (C=O) groups excluding carboxylic acids is 1. The summed E-state index contributed by atoms with van der Waals surface area (Å²) in [6.45, 7) is 4.46. The number of hydrogen-bond donors (Lipinski definition) is 2. The van der Waals surface area contributed by atoms with Gasteiger partial charge in [-0.1, -0.05) is 220 Å². The zero-order valence-electron chi connectivity index (χ0n) is 44.5. The van der Waals surface area contributed by atoms with E-state index in [2.05, 4.69) is 104 Å². The van der Waals surface area contributed by atoms with Crippen LogP contribution in [0.15, 0.2) is 97.2 Å². The van der Waals surface area contributed by atoms with Gasteiger partial charge in [-0.3, -0.25) is 9.36 Å². The summed E-state index contributed by atoms with van der Waals surface area (Å²) in [6.07, 6.45) is 70.6. The number of amides is 1. The fraction of sp³-hybridized carbons (Fsp3) is 0.712. The van der Waals surface area contributed by atoms with Crippen molar-refractivity contribution in [2.24, 2.45) is 0 Å². The molecule has 3 atom stereocenters. The Morgan fingerprint density at radius 1 is 0.529 bits per heavy atom. The molecule has 1 amide bonds. The van der Waals surface area contributed by atoms with Crippen molar-refractivity contribution in [2.75, 3.05) is 40.9 Å². The summed E-state index contributed by atoms with van der Waals surface area (Å²) >= 11 is 0. The maximum absolute atomic E-state index is 12.9. The molecule has 0 aliphatic rings. The Balaban J connectivity index is 4.09. The topological polar surface area (TPSA) is 108 Å². The van der Waals surface area contributed by atoms with Crippen molar-refractivity contribution >= 4 is 13.7 Å². The van der Waals surface area contributed by atoms with Gasteiger partial charge in [0, 0.05) is 6.42 Å². The molecule has 0 aliphatic heterocycles. The second-order valence-corrected chi connectivity index (χ2v) is 20.9. The summed E-state index contributed by atoms with van der Waals surface area (Å²) < 4.78 is 23.2. The molecule has 0 aromatic rings. The zero-order valence-corrected chi connectivity index (χ0v) is 45.4. The van der Waals surface area contributed by atoms with Crippen molar-refractivity contribution in [3.63, 3.8) is 0 Å². The molecule has 0 aromatic heterocycles. The molecule has 0 aliphatic carbocycles. The van der Waals surface area contributed by atoms with Crippen LogP contribution in [0.2, 0.25) is 0 Å². The molecule has 2 N–H and O–H groups in total. The van der Waals surface area contributed by atoms with E-state index in [9.17, 15) is 19.4 Å². The molecule has 3 unspecified atom stereocenters. The van der Waals surface area contributed by atoms with Crippen molar-refractivity contribution in [3.8, 4) is 0 Å². The van der Waals surface area contributed by atoms with Gasteiger partial charge in [0.2, 0.25) is 5.91 Å². The Bertz CT molecular complexity index is 1420. The Hall–Kier alpha value is -2.58. The average molecular weight is 969 g/mol. The first kappa shape index (κ1) is 65.4. The van der Waals surface area contributed by atoms with Crippen molar-refractivity contribution in [3.05, 3.63) is 97.2 Å². The van der Waals surface area contributed by atoms with Gasteiger partial charge in [0.25, 0.3) is 7.82 Å². The number of rotatable bonds is 49. The number of aliphatic hydroxyl groups is 1. The number of allylic oxidation sites excluding steroid dienone is 15. The van der Waals surface area contributed by atoms with Crippen LogP contribution in [-0.4, -0.2) is 68.5 Å². The van der Waals surface area contributed by atoms with Crippen LogP contribution in [0.3, 0.4) is 0 Å². The van der Waals surface area contributed by atoms with E-state index in [0.29, 0.717) is 17.4 Å². The summed E-state index contributed by atoms with van der Waals surface area (Å²) in [7, 11) is 1.23. The Morgan fingerprint density at radius 2 is 0.912 bits per heavy atom. The highest BCUT2D eigenvalue weighted by Crippen LogP contribution is 2.38. The monoisotopic (exact) mass is 969 g/mol. The lowest BCUT2D eigenvalue weighted by Crippen LogP contribution is -2.45. The SMILES string of the molecule is CC/C=C\C/C=C\C/C=C\C/C=C\C/C=C\CCCCCCCCCCCCCCCCCCCC(=O)NC(COP(=O)([O-])OCC[N+](C)(C)C)C(O)/C=C/CC/C=C/CC/C=C/CCCCC. The van der Waals surface area contributed by atoms with Crippen molar-refractivity contribution < 1.29 is 32.9 Å². The Kier molecular flexibility index (Phi) is 47.5. The van der Waals surface area contributed by atoms with Crippen LogP contribution in [0, 0.1) is 0 Å². The lowest BCUT2D eigenvalue weighted by molar-refractivity contribution is -0.870. The predicted molar refractivity (Wildman–Crippen MR) is 293 cm³/mol. The lowest BCUT2D eigenvalue weighted by atomic mass is 10.0. The maximum Gasteiger partial charge on any atom is 0.268 e. The van der Waals surface area contributed by atoms with Gasteiger partial charge in [-0.15, -0.1) is 0 Å². The number of quaternary nitrogens is 1. The maximum atomic E-state index is 12.9. The first-order chi connectivity index (χ1) is 33.0. The molecular weight excluding hydrogens is 864 g/mol. The van der Waals surface area contributed by atoms with Gasteiger partial charge in [0.05, 0.1) is 39.9 Å². The second-order valence-electron chi connectivity index (χ2n) is 19.5. The first-order valence-corrected chi connectivity index (χ1v) is 29.1. The molecule has 0 bridgehead atoms. The fourth-order valence-electron chi connectivity index (χ4n) is 7.45. The summed E-state index contributed by atoms with van der Waals surface area (Å²) in [5.41, 5.74) is 0. The zero-order chi connectivity index (χ0) is 49.9.